The smallest absolute Gasteiger partial charge is 0.0944 e. The van der Waals surface area contributed by atoms with Crippen LogP contribution in [0.2, 0.25) is 0 Å². The highest BCUT2D eigenvalue weighted by atomic mass is 35.5. The molecule has 0 aliphatic carbocycles. The fourth-order valence-electron chi connectivity index (χ4n) is 0.157. The van der Waals surface area contributed by atoms with Crippen molar-refractivity contribution in [2.75, 3.05) is 18.4 Å². The maximum absolute atomic E-state index is 5.27. The number of allylic oxidation sites excluding steroid dienone is 1. The number of ether oxygens (including phenoxy) is 1. The number of hydrogen-bond donors (Lipinski definition) is 0. The van der Waals surface area contributed by atoms with Crippen LogP contribution in [0.5, 0.6) is 0 Å². The molecule has 1 rings (SSSR count). The molecule has 0 bridgehead atoms. The maximum Gasteiger partial charge on any atom is 0.0944 e. The van der Waals surface area contributed by atoms with E-state index in [2.05, 4.69) is 6.58 Å². The molecule has 9 heavy (non-hydrogen) atoms. The summed E-state index contributed by atoms with van der Waals surface area (Å²) in [4.78, 5) is 0. The molecule has 3 heteroatoms. The molecular weight excluding hydrogens is 159 g/mol. The van der Waals surface area contributed by atoms with Crippen LogP contribution >= 0.6 is 23.2 Å². The average molecular weight is 169 g/mol. The summed E-state index contributed by atoms with van der Waals surface area (Å²) in [6, 6.07) is 0. The van der Waals surface area contributed by atoms with Crippen molar-refractivity contribution in [3.05, 3.63) is 12.7 Å². The molecule has 0 aromatic carbocycles. The van der Waals surface area contributed by atoms with Crippen molar-refractivity contribution in [3.63, 3.8) is 0 Å². The molecule has 1 aliphatic rings. The van der Waals surface area contributed by atoms with Crippen molar-refractivity contribution in [1.82, 2.24) is 0 Å². The zero-order valence-electron chi connectivity index (χ0n) is 5.15. The van der Waals surface area contributed by atoms with Gasteiger partial charge in [0.1, 0.15) is 0 Å². The monoisotopic (exact) mass is 168 g/mol. The van der Waals surface area contributed by atoms with E-state index in [4.69, 9.17) is 27.9 Å². The van der Waals surface area contributed by atoms with Gasteiger partial charge in [0.2, 0.25) is 0 Å². The summed E-state index contributed by atoms with van der Waals surface area (Å²) in [5, 5.41) is 0. The van der Waals surface area contributed by atoms with E-state index in [0.29, 0.717) is 17.9 Å². The van der Waals surface area contributed by atoms with Crippen LogP contribution in [0.25, 0.3) is 0 Å². The van der Waals surface area contributed by atoms with E-state index in [-0.39, 0.29) is 0 Å². The molecule has 1 saturated heterocycles. The topological polar surface area (TPSA) is 12.5 Å². The number of alkyl halides is 2. The van der Waals surface area contributed by atoms with Crippen molar-refractivity contribution in [3.8, 4) is 0 Å². The van der Waals surface area contributed by atoms with Gasteiger partial charge in [0.15, 0.2) is 0 Å². The van der Waals surface area contributed by atoms with Gasteiger partial charge in [-0.25, -0.2) is 0 Å². The number of rotatable bonds is 2. The van der Waals surface area contributed by atoms with Crippen LogP contribution in [-0.4, -0.2) is 24.5 Å². The SMILES string of the molecule is C=CCCl.ClCC1CO1. The quantitative estimate of drug-likeness (QED) is 0.350. The summed E-state index contributed by atoms with van der Waals surface area (Å²) in [6.07, 6.45) is 2.04. The van der Waals surface area contributed by atoms with E-state index in [1.807, 2.05) is 0 Å². The number of hydrogen-bond acceptors (Lipinski definition) is 1. The molecule has 1 aliphatic heterocycles. The molecule has 0 N–H and O–H groups in total. The molecule has 0 aromatic heterocycles. The third-order valence-electron chi connectivity index (χ3n) is 0.684. The minimum atomic E-state index is 0.400. The van der Waals surface area contributed by atoms with E-state index in [1.165, 1.54) is 0 Å². The van der Waals surface area contributed by atoms with Crippen molar-refractivity contribution in [2.45, 2.75) is 6.10 Å². The Kier molecular flexibility index (Phi) is 6.60. The van der Waals surface area contributed by atoms with Gasteiger partial charge in [0, 0.05) is 5.88 Å². The van der Waals surface area contributed by atoms with Gasteiger partial charge < -0.3 is 4.74 Å². The highest BCUT2D eigenvalue weighted by Gasteiger charge is 2.19. The maximum atomic E-state index is 5.27. The Morgan fingerprint density at radius 3 is 2.11 bits per heavy atom. The molecule has 0 saturated carbocycles. The minimum Gasteiger partial charge on any atom is -0.372 e. The first-order valence-corrected chi connectivity index (χ1v) is 3.76. The second-order valence-corrected chi connectivity index (χ2v) is 2.17. The van der Waals surface area contributed by atoms with E-state index >= 15 is 0 Å². The Morgan fingerprint density at radius 2 is 2.11 bits per heavy atom. The van der Waals surface area contributed by atoms with Crippen LogP contribution in [-0.2, 0) is 4.74 Å². The summed E-state index contributed by atoms with van der Waals surface area (Å²) in [7, 11) is 0. The van der Waals surface area contributed by atoms with E-state index in [0.717, 1.165) is 6.61 Å². The van der Waals surface area contributed by atoms with E-state index in [9.17, 15) is 0 Å². The number of epoxide rings is 1. The Balaban J connectivity index is 0.000000148. The average Bonchev–Trinajstić information content (AvgIpc) is 2.70. The van der Waals surface area contributed by atoms with Crippen LogP contribution in [0, 0.1) is 0 Å². The molecule has 1 fully saturated rings. The summed E-state index contributed by atoms with van der Waals surface area (Å²) in [6.45, 7) is 4.23. The van der Waals surface area contributed by atoms with Gasteiger partial charge in [-0.15, -0.1) is 29.8 Å². The molecular formula is C6H10Cl2O. The van der Waals surface area contributed by atoms with Crippen LogP contribution in [0.1, 0.15) is 0 Å². The van der Waals surface area contributed by atoms with Gasteiger partial charge in [-0.2, -0.15) is 0 Å². The van der Waals surface area contributed by atoms with Crippen molar-refractivity contribution >= 4 is 23.2 Å². The first-order chi connectivity index (χ1) is 4.35. The highest BCUT2D eigenvalue weighted by molar-refractivity contribution is 6.18. The van der Waals surface area contributed by atoms with Crippen molar-refractivity contribution in [1.29, 1.82) is 0 Å². The highest BCUT2D eigenvalue weighted by Crippen LogP contribution is 2.08. The molecule has 54 valence electrons. The van der Waals surface area contributed by atoms with Gasteiger partial charge in [-0.3, -0.25) is 0 Å². The lowest BCUT2D eigenvalue weighted by atomic mass is 10.6. The predicted octanol–water partition coefficient (Wildman–Crippen LogP) is 2.04. The largest absolute Gasteiger partial charge is 0.372 e. The van der Waals surface area contributed by atoms with Gasteiger partial charge in [-0.1, -0.05) is 6.08 Å². The van der Waals surface area contributed by atoms with Gasteiger partial charge >= 0.3 is 0 Å². The molecule has 0 spiro atoms. The third kappa shape index (κ3) is 8.28. The summed E-state index contributed by atoms with van der Waals surface area (Å²) in [5.41, 5.74) is 0. The second-order valence-electron chi connectivity index (χ2n) is 1.55. The van der Waals surface area contributed by atoms with Crippen LogP contribution in [0.15, 0.2) is 12.7 Å². The fraction of sp³-hybridized carbons (Fsp3) is 0.667. The summed E-state index contributed by atoms with van der Waals surface area (Å²) < 4.78 is 4.73. The zero-order chi connectivity index (χ0) is 7.11. The van der Waals surface area contributed by atoms with Crippen molar-refractivity contribution in [2.24, 2.45) is 0 Å². The molecule has 1 unspecified atom stereocenters. The van der Waals surface area contributed by atoms with Gasteiger partial charge in [0.25, 0.3) is 0 Å². The zero-order valence-corrected chi connectivity index (χ0v) is 6.66. The first kappa shape index (κ1) is 9.28. The van der Waals surface area contributed by atoms with Crippen LogP contribution in [0.3, 0.4) is 0 Å². The van der Waals surface area contributed by atoms with E-state index in [1.54, 1.807) is 6.08 Å². The Hall–Kier alpha value is 0.280. The molecule has 0 aromatic rings. The van der Waals surface area contributed by atoms with E-state index < -0.39 is 0 Å². The Bertz CT molecular complexity index is 71.5. The molecule has 1 atom stereocenters. The lowest BCUT2D eigenvalue weighted by Gasteiger charge is -1.67. The first-order valence-electron chi connectivity index (χ1n) is 2.69. The number of halogens is 2. The Morgan fingerprint density at radius 1 is 1.67 bits per heavy atom. The molecule has 0 amide bonds. The summed E-state index contributed by atoms with van der Waals surface area (Å²) >= 11 is 10.3. The van der Waals surface area contributed by atoms with Gasteiger partial charge in [-0.05, 0) is 0 Å². The lowest BCUT2D eigenvalue weighted by molar-refractivity contribution is 0.425. The standard InChI is InChI=1S/C3H5ClO.C3H5Cl/c4-1-3-2-5-3;1-2-3-4/h3H,1-2H2;2H,1,3H2. The third-order valence-corrected chi connectivity index (χ3v) is 1.25. The van der Waals surface area contributed by atoms with Crippen LogP contribution in [0.4, 0.5) is 0 Å². The Labute approximate surface area is 65.6 Å². The fourth-order valence-corrected chi connectivity index (χ4v) is 0.335. The molecule has 1 heterocycles. The van der Waals surface area contributed by atoms with Crippen molar-refractivity contribution < 1.29 is 4.74 Å². The molecule has 0 radical (unpaired) electrons. The summed E-state index contributed by atoms with van der Waals surface area (Å²) in [5.74, 6) is 1.22. The normalized spacial score (nSPS) is 21.8. The second kappa shape index (κ2) is 6.40. The van der Waals surface area contributed by atoms with Gasteiger partial charge in [0.05, 0.1) is 18.6 Å². The predicted molar refractivity (Wildman–Crippen MR) is 41.4 cm³/mol. The lowest BCUT2D eigenvalue weighted by Crippen LogP contribution is -1.80. The molecule has 1 nitrogen and oxygen atoms in total. The van der Waals surface area contributed by atoms with Crippen LogP contribution < -0.4 is 0 Å². The minimum absolute atomic E-state index is 0.400.